The summed E-state index contributed by atoms with van der Waals surface area (Å²) < 4.78 is 50.4. The topological polar surface area (TPSA) is 84.3 Å². The maximum Gasteiger partial charge on any atom is 0.416 e. The van der Waals surface area contributed by atoms with Crippen molar-refractivity contribution in [2.75, 3.05) is 24.4 Å². The van der Waals surface area contributed by atoms with Gasteiger partial charge in [-0.3, -0.25) is 4.79 Å². The fourth-order valence-corrected chi connectivity index (χ4v) is 6.57. The summed E-state index contributed by atoms with van der Waals surface area (Å²) in [5.74, 6) is 0.343. The monoisotopic (exact) mass is 568 g/mol. The Morgan fingerprint density at radius 1 is 1.15 bits per heavy atom. The summed E-state index contributed by atoms with van der Waals surface area (Å²) in [5, 5.41) is 15.0. The third-order valence-electron chi connectivity index (χ3n) is 9.28. The van der Waals surface area contributed by atoms with E-state index < -0.39 is 23.1 Å². The van der Waals surface area contributed by atoms with Crippen LogP contribution in [0, 0.1) is 0 Å². The number of hydrogen-bond donors (Lipinski definition) is 2. The van der Waals surface area contributed by atoms with Crippen LogP contribution < -0.4 is 15.5 Å². The first kappa shape index (κ1) is 27.7. The SMILES string of the molecule is CNc1cc(N2Cc3c(cc(CNC4(C)CCC4)cc3C(F)(F)F)C2=O)cc([C@]2(c3nncn3C)C[C@@H](OC)C2)c1. The Bertz CT molecular complexity index is 1490. The van der Waals surface area contributed by atoms with Gasteiger partial charge in [0.1, 0.15) is 12.2 Å². The van der Waals surface area contributed by atoms with Crippen LogP contribution in [-0.2, 0) is 36.5 Å². The zero-order chi connectivity index (χ0) is 29.2. The molecule has 218 valence electrons. The Morgan fingerprint density at radius 2 is 1.90 bits per heavy atom. The molecule has 2 N–H and O–H groups in total. The van der Waals surface area contributed by atoms with Crippen LogP contribution in [-0.4, -0.2) is 46.5 Å². The highest BCUT2D eigenvalue weighted by molar-refractivity contribution is 6.10. The zero-order valence-corrected chi connectivity index (χ0v) is 23.7. The van der Waals surface area contributed by atoms with Gasteiger partial charge in [-0.25, -0.2) is 0 Å². The molecule has 2 aliphatic carbocycles. The summed E-state index contributed by atoms with van der Waals surface area (Å²) in [6.45, 7) is 2.21. The van der Waals surface area contributed by atoms with Crippen LogP contribution in [0.15, 0.2) is 36.7 Å². The van der Waals surface area contributed by atoms with E-state index in [9.17, 15) is 18.0 Å². The van der Waals surface area contributed by atoms with Crippen LogP contribution in [0.5, 0.6) is 0 Å². The standard InChI is InChI=1S/C30H35F3N6O2/c1-28(6-5-7-28)35-15-18-8-23-24(25(9-18)30(31,32)33)16-39(26(23)40)21-11-19(10-20(12-21)34-2)29(13-22(14-29)41-4)27-37-36-17-38(27)3/h8-12,17,22,34-35H,5-7,13-16H2,1-4H3/t22-,29+. The number of anilines is 2. The van der Waals surface area contributed by atoms with E-state index in [0.29, 0.717) is 24.1 Å². The number of aryl methyl sites for hydroxylation is 1. The lowest BCUT2D eigenvalue weighted by molar-refractivity contribution is -0.138. The maximum atomic E-state index is 14.3. The van der Waals surface area contributed by atoms with Gasteiger partial charge < -0.3 is 24.8 Å². The molecule has 0 radical (unpaired) electrons. The van der Waals surface area contributed by atoms with E-state index in [4.69, 9.17) is 4.74 Å². The minimum atomic E-state index is -4.58. The summed E-state index contributed by atoms with van der Waals surface area (Å²) in [7, 11) is 5.34. The van der Waals surface area contributed by atoms with Crippen LogP contribution in [0.4, 0.5) is 24.5 Å². The van der Waals surface area contributed by atoms with E-state index in [0.717, 1.165) is 36.3 Å². The van der Waals surface area contributed by atoms with E-state index in [2.05, 4.69) is 27.8 Å². The Labute approximate surface area is 237 Å². The average molecular weight is 569 g/mol. The Hall–Kier alpha value is -3.44. The number of nitrogens with one attached hydrogen (secondary N) is 2. The van der Waals surface area contributed by atoms with Crippen molar-refractivity contribution >= 4 is 17.3 Å². The van der Waals surface area contributed by atoms with Gasteiger partial charge in [0.05, 0.1) is 23.6 Å². The third kappa shape index (κ3) is 4.68. The van der Waals surface area contributed by atoms with Crippen molar-refractivity contribution in [2.24, 2.45) is 7.05 Å². The number of rotatable bonds is 8. The number of methoxy groups -OCH3 is 1. The molecule has 1 amide bonds. The van der Waals surface area contributed by atoms with Crippen LogP contribution in [0.1, 0.15) is 77.5 Å². The Kier molecular flexibility index (Phi) is 6.65. The van der Waals surface area contributed by atoms with E-state index >= 15 is 0 Å². The second-order valence-corrected chi connectivity index (χ2v) is 12.0. The van der Waals surface area contributed by atoms with Gasteiger partial charge in [0.25, 0.3) is 5.91 Å². The first-order valence-electron chi connectivity index (χ1n) is 14.0. The number of carbonyl (C=O) groups excluding carboxylic acids is 1. The average Bonchev–Trinajstić information content (AvgIpc) is 3.48. The Morgan fingerprint density at radius 3 is 2.49 bits per heavy atom. The molecule has 0 bridgehead atoms. The highest BCUT2D eigenvalue weighted by atomic mass is 19.4. The smallest absolute Gasteiger partial charge is 0.388 e. The molecule has 41 heavy (non-hydrogen) atoms. The van der Waals surface area contributed by atoms with Crippen LogP contribution in [0.2, 0.25) is 0 Å². The first-order chi connectivity index (χ1) is 19.5. The van der Waals surface area contributed by atoms with Crippen molar-refractivity contribution in [3.63, 3.8) is 0 Å². The fraction of sp³-hybridized carbons (Fsp3) is 0.500. The van der Waals surface area contributed by atoms with Gasteiger partial charge in [-0.15, -0.1) is 10.2 Å². The van der Waals surface area contributed by atoms with Crippen molar-refractivity contribution in [1.29, 1.82) is 0 Å². The van der Waals surface area contributed by atoms with Gasteiger partial charge in [-0.2, -0.15) is 13.2 Å². The molecule has 2 fully saturated rings. The molecule has 3 aromatic rings. The molecule has 2 saturated carbocycles. The molecule has 6 rings (SSSR count). The zero-order valence-electron chi connectivity index (χ0n) is 23.7. The lowest BCUT2D eigenvalue weighted by Crippen LogP contribution is -2.48. The van der Waals surface area contributed by atoms with Crippen LogP contribution in [0.25, 0.3) is 0 Å². The molecule has 11 heteroatoms. The summed E-state index contributed by atoms with van der Waals surface area (Å²) in [5.41, 5.74) is 1.46. The minimum absolute atomic E-state index is 0.0172. The van der Waals surface area contributed by atoms with Gasteiger partial charge in [0.2, 0.25) is 0 Å². The second-order valence-electron chi connectivity index (χ2n) is 12.0. The molecule has 1 aliphatic heterocycles. The lowest BCUT2D eigenvalue weighted by Gasteiger charge is -2.46. The fourth-order valence-electron chi connectivity index (χ4n) is 6.57. The number of halogens is 3. The molecule has 0 saturated heterocycles. The number of ether oxygens (including phenoxy) is 1. The molecule has 2 aromatic carbocycles. The quantitative estimate of drug-likeness (QED) is 0.391. The summed E-state index contributed by atoms with van der Waals surface area (Å²) >= 11 is 0. The van der Waals surface area contributed by atoms with Gasteiger partial charge in [0, 0.05) is 50.2 Å². The number of hydrogen-bond acceptors (Lipinski definition) is 6. The van der Waals surface area contributed by atoms with E-state index in [-0.39, 0.29) is 35.9 Å². The van der Waals surface area contributed by atoms with Gasteiger partial charge >= 0.3 is 6.18 Å². The summed E-state index contributed by atoms with van der Waals surface area (Å²) in [4.78, 5) is 15.2. The highest BCUT2D eigenvalue weighted by Gasteiger charge is 2.51. The van der Waals surface area contributed by atoms with E-state index in [1.807, 2.05) is 23.7 Å². The van der Waals surface area contributed by atoms with Crippen LogP contribution >= 0.6 is 0 Å². The van der Waals surface area contributed by atoms with Crippen molar-refractivity contribution < 1.29 is 22.7 Å². The number of aromatic nitrogens is 3. The predicted molar refractivity (Wildman–Crippen MR) is 149 cm³/mol. The molecule has 0 spiro atoms. The van der Waals surface area contributed by atoms with Gasteiger partial charge in [-0.05, 0) is 86.1 Å². The predicted octanol–water partition coefficient (Wildman–Crippen LogP) is 5.16. The molecule has 0 unspecified atom stereocenters. The van der Waals surface area contributed by atoms with E-state index in [1.54, 1.807) is 32.6 Å². The second kappa shape index (κ2) is 9.84. The number of alkyl halides is 3. The molecular weight excluding hydrogens is 533 g/mol. The Balaban J connectivity index is 1.38. The van der Waals surface area contributed by atoms with Crippen LogP contribution in [0.3, 0.4) is 0 Å². The number of carbonyl (C=O) groups is 1. The summed E-state index contributed by atoms with van der Waals surface area (Å²) in [6, 6.07) is 8.53. The maximum absolute atomic E-state index is 14.3. The molecule has 3 aliphatic rings. The van der Waals surface area contributed by atoms with Crippen molar-refractivity contribution in [1.82, 2.24) is 20.1 Å². The van der Waals surface area contributed by atoms with Gasteiger partial charge in [-0.1, -0.05) is 0 Å². The molecule has 0 atom stereocenters. The number of nitrogens with zero attached hydrogens (tertiary/aromatic N) is 4. The number of amides is 1. The molecular formula is C30H35F3N6O2. The van der Waals surface area contributed by atoms with Crippen molar-refractivity contribution in [3.05, 3.63) is 70.3 Å². The van der Waals surface area contributed by atoms with Gasteiger partial charge in [0.15, 0.2) is 0 Å². The molecule has 8 nitrogen and oxygen atoms in total. The van der Waals surface area contributed by atoms with Crippen molar-refractivity contribution in [2.45, 2.75) is 75.4 Å². The number of fused-ring (bicyclic) bond motifs is 1. The molecule has 2 heterocycles. The van der Waals surface area contributed by atoms with E-state index in [1.165, 1.54) is 11.0 Å². The lowest BCUT2D eigenvalue weighted by atomic mass is 9.61. The normalized spacial score (nSPS) is 23.2. The third-order valence-corrected chi connectivity index (χ3v) is 9.28. The minimum Gasteiger partial charge on any atom is -0.388 e. The highest BCUT2D eigenvalue weighted by Crippen LogP contribution is 2.51. The number of benzene rings is 2. The van der Waals surface area contributed by atoms with Crippen molar-refractivity contribution in [3.8, 4) is 0 Å². The largest absolute Gasteiger partial charge is 0.416 e. The summed E-state index contributed by atoms with van der Waals surface area (Å²) in [6.07, 6.45) is 1.53. The molecule has 1 aromatic heterocycles. The first-order valence-corrected chi connectivity index (χ1v) is 14.0.